The second kappa shape index (κ2) is 54.6. The Hall–Kier alpha value is -11.4. The van der Waals surface area contributed by atoms with Crippen LogP contribution in [0.15, 0.2) is 249 Å². The molecule has 0 aromatic heterocycles. The molecule has 6 aliphatic carbocycles. The molecule has 7 aromatic carbocycles. The fourth-order valence-electron chi connectivity index (χ4n) is 15.0. The van der Waals surface area contributed by atoms with Gasteiger partial charge < -0.3 is 42.7 Å². The Morgan fingerprint density at radius 1 is 0.339 bits per heavy atom. The van der Waals surface area contributed by atoms with Gasteiger partial charge in [-0.1, -0.05) is 340 Å². The molecule has 0 saturated carbocycles. The number of hydrogen-bond donors (Lipinski definition) is 0. The highest BCUT2D eigenvalue weighted by atomic mass is 19.1. The van der Waals surface area contributed by atoms with Crippen LogP contribution in [-0.2, 0) is 106 Å². The average Bonchev–Trinajstić information content (AvgIpc) is 1.67. The highest BCUT2D eigenvalue weighted by molar-refractivity contribution is 5.89. The highest BCUT2D eigenvalue weighted by Gasteiger charge is 2.45. The third kappa shape index (κ3) is 35.4. The Balaban J connectivity index is 0. The number of methoxy groups -OCH3 is 2. The summed E-state index contributed by atoms with van der Waals surface area (Å²) in [5, 5.41) is 0. The zero-order valence-electron chi connectivity index (χ0n) is 79.1. The van der Waals surface area contributed by atoms with Crippen LogP contribution in [0.4, 0.5) is 4.39 Å². The molecular weight excluding hydrogens is 1590 g/mol. The van der Waals surface area contributed by atoms with E-state index in [1.807, 2.05) is 141 Å². The Kier molecular flexibility index (Phi) is 50.6. The first-order valence-corrected chi connectivity index (χ1v) is 41.8. The van der Waals surface area contributed by atoms with Crippen molar-refractivity contribution in [2.75, 3.05) is 35.6 Å². The molecule has 17 heteroatoms. The zero-order chi connectivity index (χ0) is 94.6. The van der Waals surface area contributed by atoms with E-state index in [1.165, 1.54) is 60.0 Å². The van der Waals surface area contributed by atoms with Crippen LogP contribution in [0.1, 0.15) is 302 Å². The maximum Gasteiger partial charge on any atom is 0.333 e. The van der Waals surface area contributed by atoms with Crippen molar-refractivity contribution in [2.45, 2.75) is 271 Å². The van der Waals surface area contributed by atoms with E-state index in [2.05, 4.69) is 192 Å². The molecule has 6 atom stereocenters. The number of esters is 7. The van der Waals surface area contributed by atoms with Gasteiger partial charge in [0.1, 0.15) is 36.6 Å². The Morgan fingerprint density at radius 2 is 0.512 bits per heavy atom. The molecule has 0 aliphatic heterocycles. The van der Waals surface area contributed by atoms with Gasteiger partial charge in [0.25, 0.3) is 0 Å². The van der Waals surface area contributed by atoms with E-state index >= 15 is 0 Å². The van der Waals surface area contributed by atoms with Crippen molar-refractivity contribution in [3.63, 3.8) is 0 Å². The standard InChI is InChI=1S/6C15H18O2.C7H8.C3H6O2.C2H3N.C2H6O.C2H6.CH3F.3CH4/c4*1-10(2)14(16)17-13-9-15(3,4)12-8-6-5-7-11(12)13;2*1-10(2)14(16)17-13-12-8-6-5-7-11(12)9-15(13,3)4;1-7-5-3-2-4-6-7;1-3(4)5-2;2*1-3-2;2*1-2;;;/h6*5-8,13H,1,9H2,2-4H3;2-6H,1H3;1-2H3;1H3;1-2H3;1-2H3;1H3;3*1H4. The van der Waals surface area contributed by atoms with Crippen molar-refractivity contribution in [3.8, 4) is 0 Å². The second-order valence-corrected chi connectivity index (χ2v) is 35.2. The first-order chi connectivity index (χ1) is 58.0. The molecule has 127 heavy (non-hydrogen) atoms. The van der Waals surface area contributed by atoms with Gasteiger partial charge in [-0.2, -0.15) is 0 Å². The van der Waals surface area contributed by atoms with Crippen LogP contribution >= 0.6 is 0 Å². The number of carbonyl (C=O) groups is 7. The molecule has 0 fully saturated rings. The summed E-state index contributed by atoms with van der Waals surface area (Å²) in [6.07, 6.45) is 4.37. The van der Waals surface area contributed by atoms with E-state index in [0.717, 1.165) is 71.9 Å². The smallest absolute Gasteiger partial charge is 0.333 e. The van der Waals surface area contributed by atoms with Gasteiger partial charge in [0.05, 0.1) is 14.3 Å². The van der Waals surface area contributed by atoms with Crippen molar-refractivity contribution in [3.05, 3.63) is 333 Å². The summed E-state index contributed by atoms with van der Waals surface area (Å²) >= 11 is 0. The summed E-state index contributed by atoms with van der Waals surface area (Å²) in [6.45, 7) is 71.0. The lowest BCUT2D eigenvalue weighted by molar-refractivity contribution is -0.150. The average molecular weight is 1750 g/mol. The van der Waals surface area contributed by atoms with E-state index in [-0.39, 0.29) is 133 Å². The minimum atomic E-state index is -0.306. The monoisotopic (exact) mass is 1750 g/mol. The molecule has 0 saturated heterocycles. The molecule has 0 bridgehead atoms. The zero-order valence-corrected chi connectivity index (χ0v) is 79.1. The Labute approximate surface area is 763 Å². The topological polar surface area (TPSA) is 198 Å². The second-order valence-electron chi connectivity index (χ2n) is 35.2. The van der Waals surface area contributed by atoms with Gasteiger partial charge in [-0.05, 0) is 175 Å². The summed E-state index contributed by atoms with van der Waals surface area (Å²) in [4.78, 5) is 82.1. The quantitative estimate of drug-likeness (QED) is 0.0484. The lowest BCUT2D eigenvalue weighted by Gasteiger charge is -2.27. The Morgan fingerprint density at radius 3 is 0.693 bits per heavy atom. The lowest BCUT2D eigenvalue weighted by Crippen LogP contribution is -2.23. The van der Waals surface area contributed by atoms with E-state index in [4.69, 9.17) is 35.0 Å². The van der Waals surface area contributed by atoms with Crippen molar-refractivity contribution in [2.24, 2.45) is 10.8 Å². The molecule has 7 aromatic rings. The normalized spacial score (nSPS) is 17.7. The first kappa shape index (κ1) is 118. The SMILES string of the molecule is C.C.C.C=C(C)C(=O)OC1CC(C)(C)c2ccccc21.C=C(C)C(=O)OC1CC(C)(C)c2ccccc21.C=C(C)C(=O)OC1CC(C)(C)c2ccccc21.C=C(C)C(=O)OC1CC(C)(C)c2ccccc21.C=C(C)C(=O)OC1c2ccccc2CC1(C)C.C=C(C)C(=O)OC1c2ccccc2CC1(C)C.CC.CF.COC.COC(C)=O.Cc1ccccc1.[C-]#[N+]C. The largest absolute Gasteiger partial charge is 0.469 e. The molecule has 0 spiro atoms. The number of rotatable bonds is 12. The molecule has 0 heterocycles. The van der Waals surface area contributed by atoms with E-state index in [9.17, 15) is 38.0 Å². The summed E-state index contributed by atoms with van der Waals surface area (Å²) in [7, 11) is 6.52. The molecule has 16 nitrogen and oxygen atoms in total. The molecule has 0 amide bonds. The van der Waals surface area contributed by atoms with E-state index in [0.29, 0.717) is 40.6 Å². The van der Waals surface area contributed by atoms with Crippen molar-refractivity contribution >= 4 is 41.8 Å². The van der Waals surface area contributed by atoms with Gasteiger partial charge in [0, 0.05) is 65.4 Å². The van der Waals surface area contributed by atoms with Crippen LogP contribution < -0.4 is 0 Å². The van der Waals surface area contributed by atoms with Crippen LogP contribution in [0, 0.1) is 24.3 Å². The fourth-order valence-corrected chi connectivity index (χ4v) is 15.0. The molecule has 0 radical (unpaired) electrons. The number of halogens is 1. The first-order valence-electron chi connectivity index (χ1n) is 41.8. The van der Waals surface area contributed by atoms with Crippen LogP contribution in [0.2, 0.25) is 0 Å². The number of fused-ring (bicyclic) bond motifs is 6. The number of aryl methyl sites for hydroxylation is 1. The summed E-state index contributed by atoms with van der Waals surface area (Å²) in [6, 6.07) is 59.3. The van der Waals surface area contributed by atoms with Crippen molar-refractivity contribution < 1.29 is 75.8 Å². The van der Waals surface area contributed by atoms with E-state index in [1.54, 1.807) is 55.8 Å². The molecule has 0 N–H and O–H groups in total. The van der Waals surface area contributed by atoms with Crippen LogP contribution in [-0.4, -0.2) is 77.3 Å². The van der Waals surface area contributed by atoms with Gasteiger partial charge in [0.2, 0.25) is 7.05 Å². The third-order valence-electron chi connectivity index (χ3n) is 21.1. The van der Waals surface area contributed by atoms with Gasteiger partial charge in [0.15, 0.2) is 0 Å². The molecular formula is C110H152FNO15. The van der Waals surface area contributed by atoms with Gasteiger partial charge in [-0.25, -0.2) is 35.3 Å². The van der Waals surface area contributed by atoms with Gasteiger partial charge in [-0.15, -0.1) is 0 Å². The fraction of sp³-hybridized carbons (Fsp3) is 0.436. The minimum Gasteiger partial charge on any atom is -0.469 e. The number of nitrogens with zero attached hydrogens (tertiary/aromatic N) is 1. The maximum atomic E-state index is 11.7. The molecule has 6 unspecified atom stereocenters. The molecule has 694 valence electrons. The highest BCUT2D eigenvalue weighted by Crippen LogP contribution is 2.52. The summed E-state index contributed by atoms with van der Waals surface area (Å²) < 4.78 is 51.0. The van der Waals surface area contributed by atoms with E-state index < -0.39 is 0 Å². The predicted octanol–water partition coefficient (Wildman–Crippen LogP) is 27.5. The summed E-state index contributed by atoms with van der Waals surface area (Å²) in [5.41, 5.74) is 18.6. The van der Waals surface area contributed by atoms with Crippen LogP contribution in [0.25, 0.3) is 4.85 Å². The van der Waals surface area contributed by atoms with Gasteiger partial charge in [-0.3, -0.25) is 9.18 Å². The van der Waals surface area contributed by atoms with Crippen LogP contribution in [0.3, 0.4) is 0 Å². The molecule has 13 rings (SSSR count). The van der Waals surface area contributed by atoms with Gasteiger partial charge >= 0.3 is 41.8 Å². The van der Waals surface area contributed by atoms with Crippen LogP contribution in [0.5, 0.6) is 0 Å². The maximum absolute atomic E-state index is 11.7. The number of benzene rings is 7. The minimum absolute atomic E-state index is 0. The number of hydrogen-bond acceptors (Lipinski definition) is 15. The van der Waals surface area contributed by atoms with Crippen molar-refractivity contribution in [1.82, 2.24) is 0 Å². The lowest BCUT2D eigenvalue weighted by atomic mass is 9.87. The third-order valence-corrected chi connectivity index (χ3v) is 21.1. The number of carbonyl (C=O) groups excluding carboxylic acids is 7. The number of ether oxygens (including phenoxy) is 8. The summed E-state index contributed by atoms with van der Waals surface area (Å²) in [5.74, 6) is -2.07. The predicted molar refractivity (Wildman–Crippen MR) is 519 cm³/mol. The number of alkyl halides is 1. The molecule has 6 aliphatic rings. The Bertz CT molecular complexity index is 4390. The van der Waals surface area contributed by atoms with Crippen molar-refractivity contribution in [1.29, 1.82) is 0 Å².